The van der Waals surface area contributed by atoms with Gasteiger partial charge in [0.2, 0.25) is 5.91 Å². The summed E-state index contributed by atoms with van der Waals surface area (Å²) in [6.07, 6.45) is 8.06. The van der Waals surface area contributed by atoms with Crippen LogP contribution >= 0.6 is 11.3 Å². The highest BCUT2D eigenvalue weighted by molar-refractivity contribution is 7.09. The average molecular weight is 470 g/mol. The molecule has 8 nitrogen and oxygen atoms in total. The summed E-state index contributed by atoms with van der Waals surface area (Å²) in [6, 6.07) is 9.45. The van der Waals surface area contributed by atoms with E-state index in [1.54, 1.807) is 18.2 Å². The first-order valence-corrected chi connectivity index (χ1v) is 12.0. The summed E-state index contributed by atoms with van der Waals surface area (Å²) in [4.78, 5) is 41.4. The summed E-state index contributed by atoms with van der Waals surface area (Å²) in [5, 5.41) is 7.62. The van der Waals surface area contributed by atoms with Crippen molar-refractivity contribution in [2.24, 2.45) is 0 Å². The van der Waals surface area contributed by atoms with Crippen molar-refractivity contribution in [1.29, 1.82) is 0 Å². The highest BCUT2D eigenvalue weighted by atomic mass is 32.1. The lowest BCUT2D eigenvalue weighted by atomic mass is 9.95. The summed E-state index contributed by atoms with van der Waals surface area (Å²) in [5.41, 5.74) is 0. The fourth-order valence-corrected chi connectivity index (χ4v) is 4.75. The normalized spacial score (nSPS) is 15.0. The Labute approximate surface area is 195 Å². The van der Waals surface area contributed by atoms with Gasteiger partial charge in [0.1, 0.15) is 5.76 Å². The second-order valence-electron chi connectivity index (χ2n) is 8.02. The number of thiophene rings is 1. The minimum Gasteiger partial charge on any atom is -0.467 e. The van der Waals surface area contributed by atoms with E-state index in [4.69, 9.17) is 8.83 Å². The Morgan fingerprint density at radius 3 is 2.48 bits per heavy atom. The van der Waals surface area contributed by atoms with Gasteiger partial charge in [-0.1, -0.05) is 25.3 Å². The van der Waals surface area contributed by atoms with Gasteiger partial charge < -0.3 is 24.4 Å². The molecule has 1 aliphatic carbocycles. The molecule has 174 valence electrons. The van der Waals surface area contributed by atoms with Crippen molar-refractivity contribution in [3.63, 3.8) is 0 Å². The Hall–Kier alpha value is -3.33. The molecular weight excluding hydrogens is 442 g/mol. The van der Waals surface area contributed by atoms with Crippen molar-refractivity contribution in [2.45, 2.75) is 50.7 Å². The summed E-state index contributed by atoms with van der Waals surface area (Å²) in [7, 11) is 0. The molecule has 2 N–H and O–H groups in total. The first kappa shape index (κ1) is 22.8. The number of hydrogen-bond acceptors (Lipinski definition) is 6. The zero-order valence-corrected chi connectivity index (χ0v) is 19.0. The van der Waals surface area contributed by atoms with Crippen LogP contribution in [0.2, 0.25) is 0 Å². The van der Waals surface area contributed by atoms with Crippen molar-refractivity contribution in [2.75, 3.05) is 6.54 Å². The molecule has 4 rings (SSSR count). The minimum atomic E-state index is -0.947. The lowest BCUT2D eigenvalue weighted by Gasteiger charge is -2.32. The topological polar surface area (TPSA) is 105 Å². The van der Waals surface area contributed by atoms with E-state index < -0.39 is 17.9 Å². The Kier molecular flexibility index (Phi) is 7.62. The van der Waals surface area contributed by atoms with Crippen LogP contribution in [0.1, 0.15) is 59.3 Å². The number of carbonyl (C=O) groups excluding carboxylic acids is 3. The van der Waals surface area contributed by atoms with E-state index in [9.17, 15) is 14.4 Å². The molecule has 3 amide bonds. The van der Waals surface area contributed by atoms with Crippen LogP contribution in [-0.4, -0.2) is 35.2 Å². The van der Waals surface area contributed by atoms with Crippen molar-refractivity contribution in [1.82, 2.24) is 15.5 Å². The fraction of sp³-hybridized carbons (Fsp3) is 0.375. The Balaban J connectivity index is 1.55. The van der Waals surface area contributed by atoms with Gasteiger partial charge in [-0.3, -0.25) is 14.4 Å². The smallest absolute Gasteiger partial charge is 0.287 e. The number of nitrogens with zero attached hydrogens (tertiary/aromatic N) is 1. The summed E-state index contributed by atoms with van der Waals surface area (Å²) in [5.74, 6) is -0.677. The van der Waals surface area contributed by atoms with E-state index in [0.29, 0.717) is 5.76 Å². The third kappa shape index (κ3) is 5.92. The first-order valence-electron chi connectivity index (χ1n) is 11.1. The molecule has 1 atom stereocenters. The lowest BCUT2D eigenvalue weighted by Crippen LogP contribution is -2.49. The van der Waals surface area contributed by atoms with Crippen LogP contribution in [0.3, 0.4) is 0 Å². The number of carbonyl (C=O) groups is 3. The van der Waals surface area contributed by atoms with E-state index in [2.05, 4.69) is 10.6 Å². The van der Waals surface area contributed by atoms with Gasteiger partial charge in [0.15, 0.2) is 11.8 Å². The van der Waals surface area contributed by atoms with E-state index in [-0.39, 0.29) is 30.8 Å². The summed E-state index contributed by atoms with van der Waals surface area (Å²) in [6.45, 7) is -0.0601. The molecule has 3 aromatic heterocycles. The van der Waals surface area contributed by atoms with Crippen molar-refractivity contribution in [3.8, 4) is 0 Å². The third-order valence-electron chi connectivity index (χ3n) is 5.70. The number of furan rings is 2. The van der Waals surface area contributed by atoms with Crippen molar-refractivity contribution in [3.05, 3.63) is 70.7 Å². The molecule has 0 radical (unpaired) electrons. The SMILES string of the molecule is O=C(NCC(=O)N(Cc1cccs1)C(C(=O)NC1CCCCC1)c1ccco1)c1ccco1. The summed E-state index contributed by atoms with van der Waals surface area (Å²) >= 11 is 1.49. The van der Waals surface area contributed by atoms with Crippen LogP contribution in [0.5, 0.6) is 0 Å². The summed E-state index contributed by atoms with van der Waals surface area (Å²) < 4.78 is 10.7. The lowest BCUT2D eigenvalue weighted by molar-refractivity contribution is -0.141. The molecule has 1 aliphatic rings. The fourth-order valence-electron chi connectivity index (χ4n) is 4.04. The van der Waals surface area contributed by atoms with Gasteiger partial charge >= 0.3 is 0 Å². The quantitative estimate of drug-likeness (QED) is 0.495. The maximum absolute atomic E-state index is 13.4. The maximum Gasteiger partial charge on any atom is 0.287 e. The van der Waals surface area contributed by atoms with Gasteiger partial charge in [-0.2, -0.15) is 0 Å². The molecular formula is C24H27N3O5S. The largest absolute Gasteiger partial charge is 0.467 e. The number of rotatable bonds is 9. The molecule has 9 heteroatoms. The zero-order chi connectivity index (χ0) is 23.0. The molecule has 1 unspecified atom stereocenters. The van der Waals surface area contributed by atoms with Gasteiger partial charge in [-0.05, 0) is 48.6 Å². The monoisotopic (exact) mass is 469 g/mol. The molecule has 3 aromatic rings. The Bertz CT molecular complexity index is 1020. The number of amides is 3. The van der Waals surface area contributed by atoms with Gasteiger partial charge in [-0.15, -0.1) is 11.3 Å². The van der Waals surface area contributed by atoms with Gasteiger partial charge in [-0.25, -0.2) is 0 Å². The number of hydrogen-bond donors (Lipinski definition) is 2. The molecule has 3 heterocycles. The first-order chi connectivity index (χ1) is 16.1. The van der Waals surface area contributed by atoms with Gasteiger partial charge in [0, 0.05) is 10.9 Å². The molecule has 0 bridgehead atoms. The van der Waals surface area contributed by atoms with E-state index in [1.165, 1.54) is 41.3 Å². The van der Waals surface area contributed by atoms with Crippen LogP contribution in [0.15, 0.2) is 63.1 Å². The predicted molar refractivity (Wildman–Crippen MR) is 122 cm³/mol. The third-order valence-corrected chi connectivity index (χ3v) is 6.56. The predicted octanol–water partition coefficient (Wildman–Crippen LogP) is 3.88. The zero-order valence-electron chi connectivity index (χ0n) is 18.2. The van der Waals surface area contributed by atoms with Crippen LogP contribution in [-0.2, 0) is 16.1 Å². The average Bonchev–Trinajstić information content (AvgIpc) is 3.61. The molecule has 33 heavy (non-hydrogen) atoms. The Morgan fingerprint density at radius 1 is 1.03 bits per heavy atom. The minimum absolute atomic E-state index is 0.0843. The Morgan fingerprint density at radius 2 is 1.82 bits per heavy atom. The van der Waals surface area contributed by atoms with Gasteiger partial charge in [0.25, 0.3) is 11.8 Å². The van der Waals surface area contributed by atoms with E-state index >= 15 is 0 Å². The van der Waals surface area contributed by atoms with Crippen molar-refractivity contribution >= 4 is 29.1 Å². The standard InChI is InChI=1S/C24H27N3O5S/c28-21(15-25-23(29)20-11-5-13-32-20)27(16-18-9-6-14-33-18)22(19-10-4-12-31-19)24(30)26-17-7-2-1-3-8-17/h4-6,9-14,17,22H,1-3,7-8,15-16H2,(H,25,29)(H,26,30). The second-order valence-corrected chi connectivity index (χ2v) is 9.05. The highest BCUT2D eigenvalue weighted by Gasteiger charge is 2.35. The van der Waals surface area contributed by atoms with E-state index in [0.717, 1.165) is 30.6 Å². The molecule has 0 saturated heterocycles. The molecule has 0 spiro atoms. The van der Waals surface area contributed by atoms with Crippen molar-refractivity contribution < 1.29 is 23.2 Å². The van der Waals surface area contributed by atoms with E-state index in [1.807, 2.05) is 17.5 Å². The van der Waals surface area contributed by atoms with Crippen LogP contribution in [0.25, 0.3) is 0 Å². The van der Waals surface area contributed by atoms with Crippen LogP contribution in [0, 0.1) is 0 Å². The molecule has 1 saturated carbocycles. The molecule has 0 aromatic carbocycles. The van der Waals surface area contributed by atoms with Crippen LogP contribution < -0.4 is 10.6 Å². The maximum atomic E-state index is 13.4. The second kappa shape index (κ2) is 11.0. The highest BCUT2D eigenvalue weighted by Crippen LogP contribution is 2.27. The molecule has 1 fully saturated rings. The van der Waals surface area contributed by atoms with Crippen LogP contribution in [0.4, 0.5) is 0 Å². The number of nitrogens with one attached hydrogen (secondary N) is 2. The molecule has 0 aliphatic heterocycles. The van der Waals surface area contributed by atoms with Gasteiger partial charge in [0.05, 0.1) is 25.6 Å².